The van der Waals surface area contributed by atoms with Crippen molar-refractivity contribution in [2.45, 2.75) is 39.5 Å². The molecule has 1 heterocycles. The van der Waals surface area contributed by atoms with Crippen LogP contribution in [0.2, 0.25) is 0 Å². The van der Waals surface area contributed by atoms with Gasteiger partial charge in [0.2, 0.25) is 5.91 Å². The number of nitrogens with one attached hydrogen (secondary N) is 1. The minimum Gasteiger partial charge on any atom is -0.445 e. The highest BCUT2D eigenvalue weighted by Crippen LogP contribution is 2.20. The summed E-state index contributed by atoms with van der Waals surface area (Å²) in [5, 5.41) is 2.76. The fraction of sp³-hybridized carbons (Fsp3) is 0.364. The number of nitrogens with zero attached hydrogens (tertiary/aromatic N) is 1. The zero-order valence-corrected chi connectivity index (χ0v) is 15.9. The van der Waals surface area contributed by atoms with Crippen molar-refractivity contribution in [3.63, 3.8) is 0 Å². The van der Waals surface area contributed by atoms with Gasteiger partial charge in [-0.2, -0.15) is 0 Å². The maximum atomic E-state index is 13.0. The molecule has 5 nitrogen and oxygen atoms in total. The summed E-state index contributed by atoms with van der Waals surface area (Å²) in [5.74, 6) is -0.0879. The molecule has 0 aromatic heterocycles. The van der Waals surface area contributed by atoms with E-state index >= 15 is 0 Å². The number of hydrogen-bond acceptors (Lipinski definition) is 3. The lowest BCUT2D eigenvalue weighted by Crippen LogP contribution is -2.52. The Hall–Kier alpha value is -2.82. The number of fused-ring (bicyclic) bond motifs is 1. The summed E-state index contributed by atoms with van der Waals surface area (Å²) in [4.78, 5) is 27.1. The minimum absolute atomic E-state index is 0.0288. The summed E-state index contributed by atoms with van der Waals surface area (Å²) in [6.07, 6.45) is 0.272. The largest absolute Gasteiger partial charge is 0.445 e. The monoisotopic (exact) mass is 366 g/mol. The first-order chi connectivity index (χ1) is 13.0. The van der Waals surface area contributed by atoms with E-state index in [4.69, 9.17) is 4.74 Å². The van der Waals surface area contributed by atoms with Crippen molar-refractivity contribution >= 4 is 12.0 Å². The van der Waals surface area contributed by atoms with E-state index < -0.39 is 12.1 Å². The Morgan fingerprint density at radius 2 is 1.70 bits per heavy atom. The molecular weight excluding hydrogens is 340 g/mol. The molecule has 0 fully saturated rings. The van der Waals surface area contributed by atoms with E-state index in [1.165, 1.54) is 11.1 Å². The van der Waals surface area contributed by atoms with Gasteiger partial charge in [-0.1, -0.05) is 68.4 Å². The predicted molar refractivity (Wildman–Crippen MR) is 104 cm³/mol. The van der Waals surface area contributed by atoms with Crippen molar-refractivity contribution in [3.05, 3.63) is 71.3 Å². The molecule has 2 aromatic rings. The van der Waals surface area contributed by atoms with Crippen LogP contribution >= 0.6 is 0 Å². The number of carbonyl (C=O) groups excluding carboxylic acids is 2. The molecule has 1 aliphatic heterocycles. The van der Waals surface area contributed by atoms with Crippen molar-refractivity contribution in [1.29, 1.82) is 0 Å². The Kier molecular flexibility index (Phi) is 6.12. The Labute approximate surface area is 160 Å². The third-order valence-electron chi connectivity index (χ3n) is 4.86. The molecule has 0 bridgehead atoms. The minimum atomic E-state index is -0.599. The smallest absolute Gasteiger partial charge is 0.408 e. The van der Waals surface area contributed by atoms with E-state index in [9.17, 15) is 9.59 Å². The lowest BCUT2D eigenvalue weighted by molar-refractivity contribution is -0.135. The molecule has 1 aliphatic rings. The molecule has 3 rings (SSSR count). The van der Waals surface area contributed by atoms with Gasteiger partial charge >= 0.3 is 6.09 Å². The van der Waals surface area contributed by atoms with Gasteiger partial charge < -0.3 is 15.0 Å². The Balaban J connectivity index is 1.59. The summed E-state index contributed by atoms with van der Waals surface area (Å²) in [5.41, 5.74) is 3.37. The van der Waals surface area contributed by atoms with Crippen LogP contribution in [-0.4, -0.2) is 29.5 Å². The van der Waals surface area contributed by atoms with Gasteiger partial charge in [0, 0.05) is 13.1 Å². The Bertz CT molecular complexity index is 789. The molecule has 5 heteroatoms. The van der Waals surface area contributed by atoms with E-state index in [-0.39, 0.29) is 18.4 Å². The van der Waals surface area contributed by atoms with Crippen molar-refractivity contribution in [2.75, 3.05) is 6.54 Å². The van der Waals surface area contributed by atoms with Gasteiger partial charge in [0.15, 0.2) is 0 Å². The summed E-state index contributed by atoms with van der Waals surface area (Å²) in [6, 6.07) is 17.1. The number of amides is 2. The van der Waals surface area contributed by atoms with Gasteiger partial charge in [0.1, 0.15) is 12.6 Å². The van der Waals surface area contributed by atoms with Crippen LogP contribution in [0.1, 0.15) is 30.5 Å². The van der Waals surface area contributed by atoms with Gasteiger partial charge in [0.25, 0.3) is 0 Å². The zero-order chi connectivity index (χ0) is 19.2. The molecule has 0 aliphatic carbocycles. The average molecular weight is 366 g/mol. The first kappa shape index (κ1) is 19.0. The highest BCUT2D eigenvalue weighted by Gasteiger charge is 2.30. The van der Waals surface area contributed by atoms with E-state index in [0.29, 0.717) is 13.1 Å². The van der Waals surface area contributed by atoms with Crippen molar-refractivity contribution in [3.8, 4) is 0 Å². The first-order valence-corrected chi connectivity index (χ1v) is 9.37. The molecular formula is C22H26N2O3. The molecule has 2 amide bonds. The van der Waals surface area contributed by atoms with Crippen LogP contribution in [0.4, 0.5) is 4.79 Å². The van der Waals surface area contributed by atoms with Crippen molar-refractivity contribution < 1.29 is 14.3 Å². The second-order valence-electron chi connectivity index (χ2n) is 7.21. The number of carbonyl (C=O) groups is 2. The normalized spacial score (nSPS) is 14.4. The lowest BCUT2D eigenvalue weighted by Gasteiger charge is -2.33. The second kappa shape index (κ2) is 8.71. The number of hydrogen-bond donors (Lipinski definition) is 1. The van der Waals surface area contributed by atoms with Crippen LogP contribution in [-0.2, 0) is 29.1 Å². The van der Waals surface area contributed by atoms with Gasteiger partial charge in [-0.25, -0.2) is 4.79 Å². The molecule has 2 aromatic carbocycles. The quantitative estimate of drug-likeness (QED) is 0.881. The summed E-state index contributed by atoms with van der Waals surface area (Å²) in [6.45, 7) is 5.29. The number of alkyl carbamates (subject to hydrolysis) is 1. The van der Waals surface area contributed by atoms with Crippen molar-refractivity contribution in [2.24, 2.45) is 5.92 Å². The number of benzene rings is 2. The van der Waals surface area contributed by atoms with E-state index in [1.54, 1.807) is 0 Å². The average Bonchev–Trinajstić information content (AvgIpc) is 2.70. The molecule has 1 unspecified atom stereocenters. The molecule has 142 valence electrons. The molecule has 0 spiro atoms. The molecule has 1 atom stereocenters. The zero-order valence-electron chi connectivity index (χ0n) is 15.9. The fourth-order valence-corrected chi connectivity index (χ4v) is 3.29. The standard InChI is InChI=1S/C22H26N2O3/c1-16(2)20(23-22(26)27-15-17-8-4-3-5-9-17)21(25)24-13-12-18-10-6-7-11-19(18)14-24/h3-11,16,20H,12-15H2,1-2H3,(H,23,26). The first-order valence-electron chi connectivity index (χ1n) is 9.37. The molecule has 1 N–H and O–H groups in total. The van der Waals surface area contributed by atoms with Crippen LogP contribution in [0.25, 0.3) is 0 Å². The molecule has 27 heavy (non-hydrogen) atoms. The molecule has 0 saturated carbocycles. The SMILES string of the molecule is CC(C)C(NC(=O)OCc1ccccc1)C(=O)N1CCc2ccccc2C1. The highest BCUT2D eigenvalue weighted by atomic mass is 16.5. The van der Waals surface area contributed by atoms with Gasteiger partial charge in [-0.15, -0.1) is 0 Å². The third kappa shape index (κ3) is 4.88. The Morgan fingerprint density at radius 3 is 2.41 bits per heavy atom. The third-order valence-corrected chi connectivity index (χ3v) is 4.86. The van der Waals surface area contributed by atoms with Gasteiger partial charge in [0.05, 0.1) is 0 Å². The maximum Gasteiger partial charge on any atom is 0.408 e. The lowest BCUT2D eigenvalue weighted by atomic mass is 9.97. The van der Waals surface area contributed by atoms with Crippen LogP contribution in [0.3, 0.4) is 0 Å². The van der Waals surface area contributed by atoms with E-state index in [0.717, 1.165) is 12.0 Å². The maximum absolute atomic E-state index is 13.0. The summed E-state index contributed by atoms with van der Waals surface area (Å²) in [7, 11) is 0. The van der Waals surface area contributed by atoms with Gasteiger partial charge in [-0.05, 0) is 29.0 Å². The summed E-state index contributed by atoms with van der Waals surface area (Å²) >= 11 is 0. The van der Waals surface area contributed by atoms with Crippen LogP contribution < -0.4 is 5.32 Å². The van der Waals surface area contributed by atoms with E-state index in [1.807, 2.05) is 61.2 Å². The molecule has 0 radical (unpaired) electrons. The topological polar surface area (TPSA) is 58.6 Å². The second-order valence-corrected chi connectivity index (χ2v) is 7.21. The predicted octanol–water partition coefficient (Wildman–Crippen LogP) is 3.52. The van der Waals surface area contributed by atoms with Crippen molar-refractivity contribution in [1.82, 2.24) is 10.2 Å². The van der Waals surface area contributed by atoms with Crippen LogP contribution in [0.5, 0.6) is 0 Å². The number of rotatable bonds is 5. The highest BCUT2D eigenvalue weighted by molar-refractivity contribution is 5.86. The van der Waals surface area contributed by atoms with Crippen LogP contribution in [0.15, 0.2) is 54.6 Å². The molecule has 0 saturated heterocycles. The van der Waals surface area contributed by atoms with Crippen LogP contribution in [0, 0.1) is 5.92 Å². The van der Waals surface area contributed by atoms with E-state index in [2.05, 4.69) is 17.4 Å². The van der Waals surface area contributed by atoms with Gasteiger partial charge in [-0.3, -0.25) is 4.79 Å². The fourth-order valence-electron chi connectivity index (χ4n) is 3.29. The number of ether oxygens (including phenoxy) is 1. The Morgan fingerprint density at radius 1 is 1.04 bits per heavy atom. The summed E-state index contributed by atoms with van der Waals surface area (Å²) < 4.78 is 5.28.